The van der Waals surface area contributed by atoms with Gasteiger partial charge < -0.3 is 15.0 Å². The molecule has 0 radical (unpaired) electrons. The molecule has 0 fully saturated rings. The van der Waals surface area contributed by atoms with Crippen LogP contribution in [0.1, 0.15) is 52.0 Å². The number of amides is 2. The number of ether oxygens (including phenoxy) is 1. The summed E-state index contributed by atoms with van der Waals surface area (Å²) in [5, 5.41) is 3.66. The van der Waals surface area contributed by atoms with Crippen molar-refractivity contribution in [1.82, 2.24) is 10.2 Å². The highest BCUT2D eigenvalue weighted by atomic mass is 35.5. The van der Waals surface area contributed by atoms with Gasteiger partial charge >= 0.3 is 0 Å². The maximum atomic E-state index is 13.4. The van der Waals surface area contributed by atoms with Gasteiger partial charge in [0.05, 0.1) is 18.6 Å². The zero-order valence-electron chi connectivity index (χ0n) is 22.4. The van der Waals surface area contributed by atoms with Crippen molar-refractivity contribution in [1.29, 1.82) is 0 Å². The smallest absolute Gasteiger partial charge is 0.242 e. The van der Waals surface area contributed by atoms with Crippen molar-refractivity contribution >= 4 is 50.7 Å². The number of hydrogen-bond donors (Lipinski definition) is 1. The molecule has 0 bridgehead atoms. The number of halogens is 2. The summed E-state index contributed by atoms with van der Waals surface area (Å²) in [5.74, 6) is 0.0568. The van der Waals surface area contributed by atoms with Gasteiger partial charge in [-0.3, -0.25) is 13.9 Å². The van der Waals surface area contributed by atoms with Gasteiger partial charge in [-0.05, 0) is 63.1 Å². The maximum Gasteiger partial charge on any atom is 0.242 e. The monoisotopic (exact) mass is 585 g/mol. The fourth-order valence-corrected chi connectivity index (χ4v) is 5.33. The lowest BCUT2D eigenvalue weighted by atomic mass is 10.1. The average Bonchev–Trinajstić information content (AvgIpc) is 2.86. The van der Waals surface area contributed by atoms with Crippen molar-refractivity contribution in [3.8, 4) is 5.75 Å². The SMILES string of the molecule is CCCCNC(=O)C(C)N(Cc1c(Cl)cccc1Cl)C(=O)CCCN(c1ccc(OCC)cc1)S(C)(=O)=O. The quantitative estimate of drug-likeness (QED) is 0.287. The number of nitrogens with one attached hydrogen (secondary N) is 1. The molecule has 1 atom stereocenters. The van der Waals surface area contributed by atoms with Gasteiger partial charge in [0.2, 0.25) is 21.8 Å². The highest BCUT2D eigenvalue weighted by molar-refractivity contribution is 7.92. The molecule has 0 saturated heterocycles. The van der Waals surface area contributed by atoms with E-state index in [9.17, 15) is 18.0 Å². The molecule has 0 spiro atoms. The van der Waals surface area contributed by atoms with E-state index in [1.165, 1.54) is 9.21 Å². The van der Waals surface area contributed by atoms with E-state index in [1.807, 2.05) is 13.8 Å². The second-order valence-corrected chi connectivity index (χ2v) is 11.6. The van der Waals surface area contributed by atoms with Gasteiger partial charge in [0.25, 0.3) is 0 Å². The molecule has 2 amide bonds. The van der Waals surface area contributed by atoms with Gasteiger partial charge in [0, 0.05) is 41.7 Å². The highest BCUT2D eigenvalue weighted by Crippen LogP contribution is 2.27. The van der Waals surface area contributed by atoms with Crippen molar-refractivity contribution < 1.29 is 22.7 Å². The Hall–Kier alpha value is -2.49. The number of benzene rings is 2. The fraction of sp³-hybridized carbons (Fsp3) is 0.481. The number of unbranched alkanes of at least 4 members (excludes halogenated alkanes) is 1. The van der Waals surface area contributed by atoms with E-state index in [2.05, 4.69) is 5.32 Å². The van der Waals surface area contributed by atoms with Crippen LogP contribution in [0.15, 0.2) is 42.5 Å². The number of rotatable bonds is 15. The molecule has 38 heavy (non-hydrogen) atoms. The van der Waals surface area contributed by atoms with Crippen LogP contribution in [0.2, 0.25) is 10.0 Å². The maximum absolute atomic E-state index is 13.4. The van der Waals surface area contributed by atoms with Crippen molar-refractivity contribution in [2.24, 2.45) is 0 Å². The molecule has 2 aromatic rings. The zero-order chi connectivity index (χ0) is 28.3. The molecule has 0 aromatic heterocycles. The summed E-state index contributed by atoms with van der Waals surface area (Å²) >= 11 is 12.7. The molecule has 0 heterocycles. The third-order valence-electron chi connectivity index (χ3n) is 5.97. The molecule has 0 aliphatic rings. The van der Waals surface area contributed by atoms with Gasteiger partial charge in [0.1, 0.15) is 11.8 Å². The van der Waals surface area contributed by atoms with Crippen LogP contribution >= 0.6 is 23.2 Å². The molecule has 8 nitrogen and oxygen atoms in total. The molecule has 1 unspecified atom stereocenters. The van der Waals surface area contributed by atoms with Crippen LogP contribution in [0.25, 0.3) is 0 Å². The summed E-state index contributed by atoms with van der Waals surface area (Å²) in [6, 6.07) is 11.0. The standard InChI is InChI=1S/C27H37Cl2N3O5S/c1-5-7-17-30-27(34)20(3)31(19-23-24(28)10-8-11-25(23)29)26(33)12-9-18-32(38(4,35)36)21-13-15-22(16-14-21)37-6-2/h8,10-11,13-16,20H,5-7,9,12,17-19H2,1-4H3,(H,30,34). The lowest BCUT2D eigenvalue weighted by Crippen LogP contribution is -2.48. The molecular weight excluding hydrogens is 549 g/mol. The minimum Gasteiger partial charge on any atom is -0.494 e. The first-order chi connectivity index (χ1) is 18.0. The molecule has 210 valence electrons. The van der Waals surface area contributed by atoms with Gasteiger partial charge in [-0.25, -0.2) is 8.42 Å². The fourth-order valence-electron chi connectivity index (χ4n) is 3.85. The molecule has 2 rings (SSSR count). The van der Waals surface area contributed by atoms with Crippen LogP contribution in [-0.4, -0.2) is 57.1 Å². The molecule has 1 N–H and O–H groups in total. The third kappa shape index (κ3) is 9.36. The van der Waals surface area contributed by atoms with Crippen molar-refractivity contribution in [3.63, 3.8) is 0 Å². The zero-order valence-corrected chi connectivity index (χ0v) is 24.7. The van der Waals surface area contributed by atoms with E-state index in [4.69, 9.17) is 27.9 Å². The van der Waals surface area contributed by atoms with Crippen molar-refractivity contribution in [2.75, 3.05) is 30.3 Å². The summed E-state index contributed by atoms with van der Waals surface area (Å²) in [4.78, 5) is 27.7. The average molecular weight is 587 g/mol. The summed E-state index contributed by atoms with van der Waals surface area (Å²) in [6.45, 7) is 6.71. The Labute approximate surface area is 236 Å². The van der Waals surface area contributed by atoms with E-state index in [0.717, 1.165) is 19.1 Å². The Balaban J connectivity index is 2.19. The number of nitrogens with zero attached hydrogens (tertiary/aromatic N) is 2. The Morgan fingerprint density at radius 2 is 1.66 bits per heavy atom. The highest BCUT2D eigenvalue weighted by Gasteiger charge is 2.27. The van der Waals surface area contributed by atoms with Crippen LogP contribution in [-0.2, 0) is 26.2 Å². The Bertz CT molecular complexity index is 1160. The summed E-state index contributed by atoms with van der Waals surface area (Å²) in [5.41, 5.74) is 1.02. The molecule has 0 aliphatic carbocycles. The van der Waals surface area contributed by atoms with E-state index in [1.54, 1.807) is 49.4 Å². The lowest BCUT2D eigenvalue weighted by Gasteiger charge is -2.30. The predicted molar refractivity (Wildman–Crippen MR) is 153 cm³/mol. The van der Waals surface area contributed by atoms with Crippen LogP contribution in [0.3, 0.4) is 0 Å². The van der Waals surface area contributed by atoms with Gasteiger partial charge in [-0.1, -0.05) is 42.6 Å². The number of carbonyl (C=O) groups is 2. The van der Waals surface area contributed by atoms with Crippen LogP contribution in [0.5, 0.6) is 5.75 Å². The summed E-state index contributed by atoms with van der Waals surface area (Å²) in [7, 11) is -3.60. The number of anilines is 1. The first-order valence-electron chi connectivity index (χ1n) is 12.7. The summed E-state index contributed by atoms with van der Waals surface area (Å²) < 4.78 is 31.7. The van der Waals surface area contributed by atoms with E-state index < -0.39 is 16.1 Å². The van der Waals surface area contributed by atoms with Crippen LogP contribution in [0.4, 0.5) is 5.69 Å². The Morgan fingerprint density at radius 1 is 1.03 bits per heavy atom. The minimum absolute atomic E-state index is 0.0255. The number of sulfonamides is 1. The number of hydrogen-bond acceptors (Lipinski definition) is 5. The number of carbonyl (C=O) groups excluding carboxylic acids is 2. The van der Waals surface area contributed by atoms with Crippen LogP contribution in [0, 0.1) is 0 Å². The molecule has 11 heteroatoms. The predicted octanol–water partition coefficient (Wildman–Crippen LogP) is 5.27. The second kappa shape index (κ2) is 15.2. The van der Waals surface area contributed by atoms with Gasteiger partial charge in [0.15, 0.2) is 0 Å². The molecule has 2 aromatic carbocycles. The first kappa shape index (κ1) is 31.7. The topological polar surface area (TPSA) is 96.0 Å². The minimum atomic E-state index is -3.60. The van der Waals surface area contributed by atoms with E-state index in [0.29, 0.717) is 40.2 Å². The molecule has 0 saturated carbocycles. The van der Waals surface area contributed by atoms with E-state index in [-0.39, 0.29) is 37.7 Å². The van der Waals surface area contributed by atoms with Crippen molar-refractivity contribution in [3.05, 3.63) is 58.1 Å². The first-order valence-corrected chi connectivity index (χ1v) is 15.3. The largest absolute Gasteiger partial charge is 0.494 e. The molecular formula is C27H37Cl2N3O5S. The lowest BCUT2D eigenvalue weighted by molar-refractivity contribution is -0.140. The molecule has 0 aliphatic heterocycles. The van der Waals surface area contributed by atoms with E-state index >= 15 is 0 Å². The summed E-state index contributed by atoms with van der Waals surface area (Å²) in [6.07, 6.45) is 3.15. The van der Waals surface area contributed by atoms with Gasteiger partial charge in [-0.15, -0.1) is 0 Å². The van der Waals surface area contributed by atoms with Crippen LogP contribution < -0.4 is 14.4 Å². The normalized spacial score (nSPS) is 12.1. The Morgan fingerprint density at radius 3 is 2.21 bits per heavy atom. The van der Waals surface area contributed by atoms with Gasteiger partial charge in [-0.2, -0.15) is 0 Å². The third-order valence-corrected chi connectivity index (χ3v) is 7.88. The van der Waals surface area contributed by atoms with Crippen molar-refractivity contribution in [2.45, 2.75) is 59.0 Å². The Kier molecular flexibility index (Phi) is 12.7. The second-order valence-electron chi connectivity index (χ2n) is 8.91.